The van der Waals surface area contributed by atoms with Gasteiger partial charge in [-0.25, -0.2) is 0 Å². The van der Waals surface area contributed by atoms with Gasteiger partial charge in [0.2, 0.25) is 5.91 Å². The van der Waals surface area contributed by atoms with E-state index in [1.165, 1.54) is 16.3 Å². The Labute approximate surface area is 306 Å². The van der Waals surface area contributed by atoms with Gasteiger partial charge < -0.3 is 25.0 Å². The number of amides is 1. The average molecular weight is 701 g/mol. The van der Waals surface area contributed by atoms with Crippen LogP contribution in [-0.2, 0) is 32.2 Å². The molecule has 0 spiro atoms. The van der Waals surface area contributed by atoms with E-state index in [2.05, 4.69) is 78.8 Å². The van der Waals surface area contributed by atoms with E-state index in [0.29, 0.717) is 32.2 Å². The van der Waals surface area contributed by atoms with Gasteiger partial charge in [0.15, 0.2) is 6.29 Å². The maximum atomic E-state index is 12.4. The molecule has 0 saturated carbocycles. The third kappa shape index (κ3) is 9.52. The van der Waals surface area contributed by atoms with E-state index in [1.54, 1.807) is 0 Å². The van der Waals surface area contributed by atoms with Gasteiger partial charge in [-0.3, -0.25) is 14.5 Å². The molecule has 8 heteroatoms. The van der Waals surface area contributed by atoms with Gasteiger partial charge in [-0.2, -0.15) is 0 Å². The van der Waals surface area contributed by atoms with Crippen LogP contribution in [0.5, 0.6) is 0 Å². The lowest BCUT2D eigenvalue weighted by atomic mass is 9.97. The van der Waals surface area contributed by atoms with Gasteiger partial charge in [0.1, 0.15) is 0 Å². The Hall–Kier alpha value is -4.86. The topological polar surface area (TPSA) is 108 Å². The molecule has 5 aromatic carbocycles. The van der Waals surface area contributed by atoms with Crippen molar-refractivity contribution in [2.45, 2.75) is 76.7 Å². The minimum absolute atomic E-state index is 0.00589. The predicted molar refractivity (Wildman–Crippen MR) is 203 cm³/mol. The van der Waals surface area contributed by atoms with Gasteiger partial charge in [-0.15, -0.1) is 0 Å². The second-order valence-corrected chi connectivity index (χ2v) is 13.7. The molecule has 52 heavy (non-hydrogen) atoms. The van der Waals surface area contributed by atoms with Crippen molar-refractivity contribution in [3.63, 3.8) is 0 Å². The van der Waals surface area contributed by atoms with E-state index in [1.807, 2.05) is 60.7 Å². The number of fused-ring (bicyclic) bond motifs is 1. The fourth-order valence-electron chi connectivity index (χ4n) is 6.85. The van der Waals surface area contributed by atoms with Gasteiger partial charge in [0.25, 0.3) is 0 Å². The molecular formula is C44H48N2O6. The molecule has 5 aromatic rings. The highest BCUT2D eigenvalue weighted by atomic mass is 16.7. The van der Waals surface area contributed by atoms with E-state index in [0.717, 1.165) is 39.9 Å². The van der Waals surface area contributed by atoms with Crippen molar-refractivity contribution in [2.24, 2.45) is 0 Å². The first-order chi connectivity index (χ1) is 25.3. The first-order valence-electron chi connectivity index (χ1n) is 18.1. The van der Waals surface area contributed by atoms with Crippen LogP contribution in [0.2, 0.25) is 0 Å². The standard InChI is InChI=1S/C44H48N2O6/c1-30(36-24-19-32-9-3-4-10-37(32)25-36)46(2)28-39-26-41(34-17-15-31(29-47)16-18-34)52-44(51-39)35-22-20-33(21-23-35)40-12-6-5-11-38(40)27-45-42(48)13-7-8-14-43(49)50/h3-6,9-12,15-25,30,39,41,44,47H,7-8,13-14,26-29H2,1-2H3,(H,45,48)(H,49,50)/t30-,39-,41+,44+/m1/s1. The van der Waals surface area contributed by atoms with Gasteiger partial charge in [-0.05, 0) is 77.0 Å². The van der Waals surface area contributed by atoms with Crippen molar-refractivity contribution >= 4 is 22.6 Å². The van der Waals surface area contributed by atoms with Crippen LogP contribution in [0.15, 0.2) is 115 Å². The van der Waals surface area contributed by atoms with E-state index in [4.69, 9.17) is 14.6 Å². The number of carboxylic acids is 1. The first kappa shape index (κ1) is 36.9. The van der Waals surface area contributed by atoms with Gasteiger partial charge in [-0.1, -0.05) is 109 Å². The van der Waals surface area contributed by atoms with Gasteiger partial charge in [0.05, 0.1) is 18.8 Å². The summed E-state index contributed by atoms with van der Waals surface area (Å²) in [5.74, 6) is -0.931. The van der Waals surface area contributed by atoms with E-state index < -0.39 is 12.3 Å². The average Bonchev–Trinajstić information content (AvgIpc) is 3.18. The molecule has 1 aliphatic heterocycles. The SMILES string of the molecule is C[C@H](c1ccc2ccccc2c1)N(C)C[C@H]1C[C@@H](c2ccc(CO)cc2)O[C@@H](c2ccc(-c3ccccc3CNC(=O)CCCCC(=O)O)cc2)O1. The number of aliphatic hydroxyl groups excluding tert-OH is 1. The van der Waals surface area contributed by atoms with Crippen LogP contribution >= 0.6 is 0 Å². The van der Waals surface area contributed by atoms with Crippen LogP contribution in [0.25, 0.3) is 21.9 Å². The highest BCUT2D eigenvalue weighted by Crippen LogP contribution is 2.39. The second-order valence-electron chi connectivity index (χ2n) is 13.7. The summed E-state index contributed by atoms with van der Waals surface area (Å²) in [5, 5.41) is 23.9. The van der Waals surface area contributed by atoms with Crippen molar-refractivity contribution in [3.8, 4) is 11.1 Å². The number of carbonyl (C=O) groups excluding carboxylic acids is 1. The van der Waals surface area contributed by atoms with Crippen molar-refractivity contribution in [3.05, 3.63) is 143 Å². The molecule has 0 bridgehead atoms. The molecule has 1 aliphatic rings. The fourth-order valence-corrected chi connectivity index (χ4v) is 6.85. The number of hydrogen-bond acceptors (Lipinski definition) is 6. The van der Waals surface area contributed by atoms with Crippen LogP contribution in [0.3, 0.4) is 0 Å². The van der Waals surface area contributed by atoms with Crippen LogP contribution in [0, 0.1) is 0 Å². The lowest BCUT2D eigenvalue weighted by molar-refractivity contribution is -0.253. The smallest absolute Gasteiger partial charge is 0.303 e. The molecule has 6 rings (SSSR count). The van der Waals surface area contributed by atoms with Gasteiger partial charge >= 0.3 is 5.97 Å². The lowest BCUT2D eigenvalue weighted by Crippen LogP contribution is -2.38. The minimum atomic E-state index is -0.842. The predicted octanol–water partition coefficient (Wildman–Crippen LogP) is 8.50. The Kier molecular flexibility index (Phi) is 12.5. The van der Waals surface area contributed by atoms with Crippen LogP contribution in [-0.4, -0.2) is 46.7 Å². The van der Waals surface area contributed by atoms with Gasteiger partial charge in [0, 0.05) is 44.0 Å². The largest absolute Gasteiger partial charge is 0.481 e. The van der Waals surface area contributed by atoms with E-state index >= 15 is 0 Å². The van der Waals surface area contributed by atoms with E-state index in [-0.39, 0.29) is 37.2 Å². The van der Waals surface area contributed by atoms with Crippen LogP contribution in [0.1, 0.15) is 85.3 Å². The Bertz CT molecular complexity index is 1940. The van der Waals surface area contributed by atoms with Crippen molar-refractivity contribution in [1.29, 1.82) is 0 Å². The zero-order valence-electron chi connectivity index (χ0n) is 29.9. The summed E-state index contributed by atoms with van der Waals surface area (Å²) in [7, 11) is 2.15. The summed E-state index contributed by atoms with van der Waals surface area (Å²) in [6, 6.07) is 39.5. The number of carbonyl (C=O) groups is 2. The minimum Gasteiger partial charge on any atom is -0.481 e. The summed E-state index contributed by atoms with van der Waals surface area (Å²) >= 11 is 0. The number of benzene rings is 5. The summed E-state index contributed by atoms with van der Waals surface area (Å²) in [4.78, 5) is 25.5. The van der Waals surface area contributed by atoms with Crippen LogP contribution in [0.4, 0.5) is 0 Å². The molecule has 0 radical (unpaired) electrons. The Morgan fingerprint density at radius 3 is 2.27 bits per heavy atom. The van der Waals surface area contributed by atoms with E-state index in [9.17, 15) is 14.7 Å². The van der Waals surface area contributed by atoms with Crippen molar-refractivity contribution < 1.29 is 29.3 Å². The summed E-state index contributed by atoms with van der Waals surface area (Å²) in [6.45, 7) is 3.33. The molecule has 1 heterocycles. The summed E-state index contributed by atoms with van der Waals surface area (Å²) in [6.07, 6.45) is 1.25. The molecule has 270 valence electrons. The highest BCUT2D eigenvalue weighted by molar-refractivity contribution is 5.83. The molecule has 4 atom stereocenters. The number of unbranched alkanes of at least 4 members (excludes halogenated alkanes) is 1. The van der Waals surface area contributed by atoms with Crippen molar-refractivity contribution in [1.82, 2.24) is 10.2 Å². The maximum Gasteiger partial charge on any atom is 0.303 e. The number of nitrogens with one attached hydrogen (secondary N) is 1. The molecule has 1 amide bonds. The fraction of sp³-hybridized carbons (Fsp3) is 0.318. The zero-order chi connectivity index (χ0) is 36.5. The third-order valence-corrected chi connectivity index (χ3v) is 10.1. The Morgan fingerprint density at radius 2 is 1.52 bits per heavy atom. The molecular weight excluding hydrogens is 652 g/mol. The summed E-state index contributed by atoms with van der Waals surface area (Å²) in [5.41, 5.74) is 7.12. The molecule has 3 N–H and O–H groups in total. The molecule has 1 saturated heterocycles. The Morgan fingerprint density at radius 1 is 0.827 bits per heavy atom. The molecule has 0 aromatic heterocycles. The third-order valence-electron chi connectivity index (χ3n) is 10.1. The van der Waals surface area contributed by atoms with Crippen molar-refractivity contribution in [2.75, 3.05) is 13.6 Å². The number of likely N-dealkylation sites (N-methyl/N-ethyl adjacent to an activating group) is 1. The maximum absolute atomic E-state index is 12.4. The normalized spacial score (nSPS) is 18.0. The number of rotatable bonds is 15. The number of ether oxygens (including phenoxy) is 2. The Balaban J connectivity index is 1.16. The monoisotopic (exact) mass is 700 g/mol. The quantitative estimate of drug-likeness (QED) is 0.0941. The first-order valence-corrected chi connectivity index (χ1v) is 18.1. The molecule has 8 nitrogen and oxygen atoms in total. The number of hydrogen-bond donors (Lipinski definition) is 3. The number of aliphatic carboxylic acids is 1. The number of nitrogens with zero attached hydrogens (tertiary/aromatic N) is 1. The number of aliphatic hydroxyl groups is 1. The van der Waals surface area contributed by atoms with Crippen LogP contribution < -0.4 is 5.32 Å². The second kappa shape index (κ2) is 17.6. The summed E-state index contributed by atoms with van der Waals surface area (Å²) < 4.78 is 13.3. The molecule has 1 fully saturated rings. The zero-order valence-corrected chi connectivity index (χ0v) is 29.9. The lowest BCUT2D eigenvalue weighted by Gasteiger charge is -2.39. The molecule has 0 aliphatic carbocycles. The highest BCUT2D eigenvalue weighted by Gasteiger charge is 2.33. The number of carboxylic acid groups (broad SMARTS) is 1. The molecule has 0 unspecified atom stereocenters.